The van der Waals surface area contributed by atoms with Crippen molar-refractivity contribution in [2.24, 2.45) is 5.92 Å². The molecule has 1 atom stereocenters. The molecule has 3 heterocycles. The SMILES string of the molecule is CS(=O)(=O)N1CCCC(C(=O)c2ccc(CNC(=O)c3cnc4[nH]ncc4c3)cc2)C1. The van der Waals surface area contributed by atoms with Crippen molar-refractivity contribution in [3.05, 3.63) is 59.4 Å². The number of fused-ring (bicyclic) bond motifs is 1. The molecule has 1 aliphatic heterocycles. The van der Waals surface area contributed by atoms with E-state index in [4.69, 9.17) is 0 Å². The van der Waals surface area contributed by atoms with E-state index in [-0.39, 0.29) is 24.2 Å². The fourth-order valence-corrected chi connectivity index (χ4v) is 4.64. The van der Waals surface area contributed by atoms with Crippen molar-refractivity contribution < 1.29 is 18.0 Å². The minimum atomic E-state index is -3.30. The lowest BCUT2D eigenvalue weighted by atomic mass is 9.90. The van der Waals surface area contributed by atoms with Gasteiger partial charge in [0.1, 0.15) is 0 Å². The number of carbonyl (C=O) groups is 2. The number of carbonyl (C=O) groups excluding carboxylic acids is 2. The van der Waals surface area contributed by atoms with Gasteiger partial charge in [-0.15, -0.1) is 0 Å². The largest absolute Gasteiger partial charge is 0.348 e. The second-order valence-corrected chi connectivity index (χ2v) is 9.72. The molecule has 1 amide bonds. The molecular weight excluding hydrogens is 418 g/mol. The summed E-state index contributed by atoms with van der Waals surface area (Å²) in [5.41, 5.74) is 2.46. The van der Waals surface area contributed by atoms with Gasteiger partial charge in [0.25, 0.3) is 5.91 Å². The molecule has 0 saturated carbocycles. The minimum absolute atomic E-state index is 0.0524. The number of piperidine rings is 1. The summed E-state index contributed by atoms with van der Waals surface area (Å²) in [4.78, 5) is 29.4. The van der Waals surface area contributed by atoms with Crippen LogP contribution in [-0.4, -0.2) is 58.9 Å². The number of amides is 1. The van der Waals surface area contributed by atoms with Gasteiger partial charge in [-0.05, 0) is 24.5 Å². The van der Waals surface area contributed by atoms with Crippen molar-refractivity contribution in [3.63, 3.8) is 0 Å². The molecule has 0 radical (unpaired) electrons. The first-order valence-electron chi connectivity index (χ1n) is 9.97. The van der Waals surface area contributed by atoms with Gasteiger partial charge in [-0.25, -0.2) is 17.7 Å². The van der Waals surface area contributed by atoms with Crippen LogP contribution in [0.3, 0.4) is 0 Å². The molecule has 0 bridgehead atoms. The number of ketones is 1. The number of pyridine rings is 1. The molecule has 2 N–H and O–H groups in total. The van der Waals surface area contributed by atoms with Gasteiger partial charge in [0.05, 0.1) is 18.0 Å². The van der Waals surface area contributed by atoms with Gasteiger partial charge in [-0.2, -0.15) is 5.10 Å². The van der Waals surface area contributed by atoms with Crippen molar-refractivity contribution >= 4 is 32.7 Å². The fourth-order valence-electron chi connectivity index (χ4n) is 3.73. The van der Waals surface area contributed by atoms with Crippen molar-refractivity contribution in [2.75, 3.05) is 19.3 Å². The number of hydrogen-bond donors (Lipinski definition) is 2. The van der Waals surface area contributed by atoms with Gasteiger partial charge in [0.15, 0.2) is 11.4 Å². The zero-order chi connectivity index (χ0) is 22.0. The molecule has 0 spiro atoms. The highest BCUT2D eigenvalue weighted by Gasteiger charge is 2.30. The highest BCUT2D eigenvalue weighted by Crippen LogP contribution is 2.23. The molecule has 1 aliphatic rings. The highest BCUT2D eigenvalue weighted by atomic mass is 32.2. The molecule has 1 fully saturated rings. The molecule has 0 aliphatic carbocycles. The quantitative estimate of drug-likeness (QED) is 0.562. The Labute approximate surface area is 179 Å². The third-order valence-corrected chi connectivity index (χ3v) is 6.74. The average Bonchev–Trinajstić information content (AvgIpc) is 3.25. The molecule has 10 heteroatoms. The zero-order valence-electron chi connectivity index (χ0n) is 17.0. The van der Waals surface area contributed by atoms with Crippen LogP contribution in [-0.2, 0) is 16.6 Å². The number of benzene rings is 1. The Balaban J connectivity index is 1.36. The zero-order valence-corrected chi connectivity index (χ0v) is 17.9. The number of nitrogens with one attached hydrogen (secondary N) is 2. The molecular formula is C21H23N5O4S. The van der Waals surface area contributed by atoms with Gasteiger partial charge in [0.2, 0.25) is 10.0 Å². The summed E-state index contributed by atoms with van der Waals surface area (Å²) in [6.07, 6.45) is 5.62. The van der Waals surface area contributed by atoms with Crippen LogP contribution in [0.25, 0.3) is 11.0 Å². The van der Waals surface area contributed by atoms with Crippen LogP contribution in [0.15, 0.2) is 42.7 Å². The smallest absolute Gasteiger partial charge is 0.253 e. The summed E-state index contributed by atoms with van der Waals surface area (Å²) in [5.74, 6) is -0.637. The number of rotatable bonds is 6. The highest BCUT2D eigenvalue weighted by molar-refractivity contribution is 7.88. The van der Waals surface area contributed by atoms with Crippen LogP contribution in [0.1, 0.15) is 39.1 Å². The predicted molar refractivity (Wildman–Crippen MR) is 115 cm³/mol. The summed E-state index contributed by atoms with van der Waals surface area (Å²) in [6, 6.07) is 8.75. The van der Waals surface area contributed by atoms with E-state index in [0.717, 1.165) is 10.9 Å². The standard InChI is InChI=1S/C21H23N5O4S/c1-31(29,30)26-8-2-3-16(13-26)19(27)15-6-4-14(5-7-15)10-23-21(28)18-9-17-12-24-25-20(17)22-11-18/h4-7,9,11-12,16H,2-3,8,10,13H2,1H3,(H,23,28)(H,22,24,25). The molecule has 1 aromatic carbocycles. The van der Waals surface area contributed by atoms with Gasteiger partial charge < -0.3 is 5.32 Å². The van der Waals surface area contributed by atoms with Crippen LogP contribution < -0.4 is 5.32 Å². The normalized spacial score (nSPS) is 17.5. The van der Waals surface area contributed by atoms with E-state index < -0.39 is 10.0 Å². The van der Waals surface area contributed by atoms with Crippen molar-refractivity contribution in [1.29, 1.82) is 0 Å². The Bertz CT molecular complexity index is 1220. The Kier molecular flexibility index (Phi) is 5.84. The van der Waals surface area contributed by atoms with E-state index >= 15 is 0 Å². The first-order valence-corrected chi connectivity index (χ1v) is 11.8. The van der Waals surface area contributed by atoms with Gasteiger partial charge in [-0.1, -0.05) is 24.3 Å². The molecule has 9 nitrogen and oxygen atoms in total. The maximum absolute atomic E-state index is 12.8. The molecule has 3 aromatic rings. The van der Waals surface area contributed by atoms with Crippen LogP contribution in [0.2, 0.25) is 0 Å². The molecule has 1 unspecified atom stereocenters. The van der Waals surface area contributed by atoms with E-state index in [1.54, 1.807) is 36.5 Å². The van der Waals surface area contributed by atoms with Crippen molar-refractivity contribution in [2.45, 2.75) is 19.4 Å². The minimum Gasteiger partial charge on any atom is -0.348 e. The van der Waals surface area contributed by atoms with E-state index in [0.29, 0.717) is 42.7 Å². The van der Waals surface area contributed by atoms with E-state index in [1.165, 1.54) is 16.8 Å². The fraction of sp³-hybridized carbons (Fsp3) is 0.333. The number of sulfonamides is 1. The molecule has 162 valence electrons. The van der Waals surface area contributed by atoms with E-state index in [9.17, 15) is 18.0 Å². The van der Waals surface area contributed by atoms with Gasteiger partial charge in [-0.3, -0.25) is 14.7 Å². The van der Waals surface area contributed by atoms with Crippen LogP contribution in [0.4, 0.5) is 0 Å². The second-order valence-electron chi connectivity index (χ2n) is 7.74. The van der Waals surface area contributed by atoms with Crippen molar-refractivity contribution in [1.82, 2.24) is 24.8 Å². The number of hydrogen-bond acceptors (Lipinski definition) is 6. The predicted octanol–water partition coefficient (Wildman–Crippen LogP) is 1.74. The first-order chi connectivity index (χ1) is 14.8. The Hall–Kier alpha value is -3.11. The molecule has 31 heavy (non-hydrogen) atoms. The van der Waals surface area contributed by atoms with Gasteiger partial charge >= 0.3 is 0 Å². The molecule has 1 saturated heterocycles. The number of aromatic amines is 1. The number of aromatic nitrogens is 3. The lowest BCUT2D eigenvalue weighted by Gasteiger charge is -2.30. The maximum Gasteiger partial charge on any atom is 0.253 e. The van der Waals surface area contributed by atoms with E-state index in [2.05, 4.69) is 20.5 Å². The summed E-state index contributed by atoms with van der Waals surface area (Å²) < 4.78 is 24.9. The van der Waals surface area contributed by atoms with E-state index in [1.807, 2.05) is 0 Å². The number of Topliss-reactive ketones (excluding diaryl/α,β-unsaturated/α-hetero) is 1. The Morgan fingerprint density at radius 2 is 1.97 bits per heavy atom. The first kappa shape index (κ1) is 21.1. The van der Waals surface area contributed by atoms with Crippen LogP contribution in [0, 0.1) is 5.92 Å². The molecule has 2 aromatic heterocycles. The lowest BCUT2D eigenvalue weighted by Crippen LogP contribution is -2.41. The summed E-state index contributed by atoms with van der Waals surface area (Å²) in [6.45, 7) is 0.997. The number of H-pyrrole nitrogens is 1. The summed E-state index contributed by atoms with van der Waals surface area (Å²) >= 11 is 0. The van der Waals surface area contributed by atoms with Crippen molar-refractivity contribution in [3.8, 4) is 0 Å². The van der Waals surface area contributed by atoms with Crippen LogP contribution in [0.5, 0.6) is 0 Å². The van der Waals surface area contributed by atoms with Gasteiger partial charge in [0, 0.05) is 42.7 Å². The van der Waals surface area contributed by atoms with Crippen LogP contribution >= 0.6 is 0 Å². The topological polar surface area (TPSA) is 125 Å². The Morgan fingerprint density at radius 3 is 2.71 bits per heavy atom. The third-order valence-electron chi connectivity index (χ3n) is 5.47. The second kappa shape index (κ2) is 8.56. The monoisotopic (exact) mass is 441 g/mol. The summed E-state index contributed by atoms with van der Waals surface area (Å²) in [7, 11) is -3.30. The molecule has 4 rings (SSSR count). The average molecular weight is 442 g/mol. The lowest BCUT2D eigenvalue weighted by molar-refractivity contribution is 0.0871. The number of nitrogens with zero attached hydrogens (tertiary/aromatic N) is 3. The maximum atomic E-state index is 12.8. The summed E-state index contributed by atoms with van der Waals surface area (Å²) in [5, 5.41) is 10.2. The third kappa shape index (κ3) is 4.80. The Morgan fingerprint density at radius 1 is 1.19 bits per heavy atom.